The molecule has 2 aliphatic rings. The molecule has 1 amide bonds. The lowest BCUT2D eigenvalue weighted by molar-refractivity contribution is -0.131. The number of hydrogen-bond acceptors (Lipinski definition) is 4. The maximum atomic E-state index is 11.7. The van der Waals surface area contributed by atoms with Gasteiger partial charge in [0.1, 0.15) is 0 Å². The molecule has 5 nitrogen and oxygen atoms in total. The summed E-state index contributed by atoms with van der Waals surface area (Å²) in [4.78, 5) is 13.2. The minimum atomic E-state index is -0.800. The van der Waals surface area contributed by atoms with E-state index in [1.807, 2.05) is 0 Å². The van der Waals surface area contributed by atoms with Gasteiger partial charge in [-0.05, 0) is 18.8 Å². The molecule has 1 unspecified atom stereocenters. The number of aliphatic hydroxyl groups is 2. The van der Waals surface area contributed by atoms with Gasteiger partial charge in [0.25, 0.3) is 0 Å². The van der Waals surface area contributed by atoms with Crippen molar-refractivity contribution in [3.05, 3.63) is 0 Å². The summed E-state index contributed by atoms with van der Waals surface area (Å²) in [6.07, 6.45) is 0.987. The molecule has 1 saturated carbocycles. The Morgan fingerprint density at radius 1 is 1.33 bits per heavy atom. The van der Waals surface area contributed by atoms with Crippen LogP contribution in [-0.2, 0) is 4.79 Å². The molecule has 15 heavy (non-hydrogen) atoms. The van der Waals surface area contributed by atoms with Gasteiger partial charge in [-0.3, -0.25) is 4.79 Å². The highest BCUT2D eigenvalue weighted by atomic mass is 16.3. The van der Waals surface area contributed by atoms with Crippen LogP contribution in [0, 0.1) is 5.92 Å². The molecule has 1 aliphatic carbocycles. The summed E-state index contributed by atoms with van der Waals surface area (Å²) >= 11 is 0. The van der Waals surface area contributed by atoms with Gasteiger partial charge >= 0.3 is 0 Å². The highest BCUT2D eigenvalue weighted by Gasteiger charge is 2.35. The van der Waals surface area contributed by atoms with Crippen molar-refractivity contribution >= 4 is 5.91 Å². The molecule has 2 fully saturated rings. The van der Waals surface area contributed by atoms with E-state index in [9.17, 15) is 15.0 Å². The van der Waals surface area contributed by atoms with Crippen molar-refractivity contribution in [2.45, 2.75) is 37.5 Å². The highest BCUT2D eigenvalue weighted by Crippen LogP contribution is 2.33. The van der Waals surface area contributed by atoms with Crippen LogP contribution >= 0.6 is 0 Å². The van der Waals surface area contributed by atoms with Gasteiger partial charge in [0.15, 0.2) is 0 Å². The summed E-state index contributed by atoms with van der Waals surface area (Å²) in [5.74, 6) is 0.455. The Labute approximate surface area is 88.9 Å². The van der Waals surface area contributed by atoms with E-state index < -0.39 is 12.2 Å². The maximum absolute atomic E-state index is 11.7. The molecule has 0 aromatic rings. The second kappa shape index (κ2) is 4.08. The monoisotopic (exact) mass is 214 g/mol. The van der Waals surface area contributed by atoms with Gasteiger partial charge in [-0.25, -0.2) is 0 Å². The van der Waals surface area contributed by atoms with Crippen molar-refractivity contribution in [2.75, 3.05) is 13.1 Å². The lowest BCUT2D eigenvalue weighted by atomic mass is 10.1. The first kappa shape index (κ1) is 10.9. The molecule has 1 saturated heterocycles. The second-order valence-corrected chi connectivity index (χ2v) is 4.64. The predicted molar refractivity (Wildman–Crippen MR) is 53.9 cm³/mol. The molecular formula is C10H18N2O3. The zero-order chi connectivity index (χ0) is 11.0. The van der Waals surface area contributed by atoms with Crippen LogP contribution in [0.1, 0.15) is 19.3 Å². The summed E-state index contributed by atoms with van der Waals surface area (Å²) in [6, 6.07) is -0.0487. The molecule has 0 spiro atoms. The predicted octanol–water partition coefficient (Wildman–Crippen LogP) is -1.32. The number of amides is 1. The number of rotatable bonds is 3. The number of nitrogens with two attached hydrogens (primary N) is 1. The van der Waals surface area contributed by atoms with Crippen LogP contribution < -0.4 is 5.73 Å². The number of aliphatic hydroxyl groups excluding tert-OH is 2. The molecule has 1 aliphatic heterocycles. The fraction of sp³-hybridized carbons (Fsp3) is 0.900. The molecule has 0 aromatic carbocycles. The van der Waals surface area contributed by atoms with Gasteiger partial charge in [-0.15, -0.1) is 0 Å². The summed E-state index contributed by atoms with van der Waals surface area (Å²) in [6.45, 7) is 0.467. The van der Waals surface area contributed by atoms with Gasteiger partial charge < -0.3 is 20.8 Å². The van der Waals surface area contributed by atoms with E-state index in [4.69, 9.17) is 5.73 Å². The molecular weight excluding hydrogens is 196 g/mol. The number of carbonyl (C=O) groups is 1. The minimum absolute atomic E-state index is 0.0487. The molecule has 0 radical (unpaired) electrons. The Hall–Kier alpha value is -0.650. The first-order valence-electron chi connectivity index (χ1n) is 5.47. The summed E-state index contributed by atoms with van der Waals surface area (Å²) in [7, 11) is 0. The maximum Gasteiger partial charge on any atom is 0.224 e. The Morgan fingerprint density at radius 2 is 1.87 bits per heavy atom. The number of hydrogen-bond donors (Lipinski definition) is 3. The summed E-state index contributed by atoms with van der Waals surface area (Å²) in [5, 5.41) is 18.6. The number of carbonyl (C=O) groups excluding carboxylic acids is 1. The highest BCUT2D eigenvalue weighted by molar-refractivity contribution is 5.77. The first-order valence-corrected chi connectivity index (χ1v) is 5.47. The van der Waals surface area contributed by atoms with Crippen molar-refractivity contribution < 1.29 is 15.0 Å². The third kappa shape index (κ3) is 2.48. The van der Waals surface area contributed by atoms with E-state index in [-0.39, 0.29) is 25.0 Å². The molecule has 0 aromatic heterocycles. The van der Waals surface area contributed by atoms with Gasteiger partial charge in [-0.1, -0.05) is 0 Å². The zero-order valence-electron chi connectivity index (χ0n) is 8.67. The molecule has 5 heteroatoms. The minimum Gasteiger partial charge on any atom is -0.388 e. The normalized spacial score (nSPS) is 33.1. The lowest BCUT2D eigenvalue weighted by Gasteiger charge is -2.18. The van der Waals surface area contributed by atoms with Crippen molar-refractivity contribution in [3.63, 3.8) is 0 Å². The van der Waals surface area contributed by atoms with E-state index in [1.54, 1.807) is 0 Å². The van der Waals surface area contributed by atoms with Crippen LogP contribution in [0.15, 0.2) is 0 Å². The second-order valence-electron chi connectivity index (χ2n) is 4.64. The Morgan fingerprint density at radius 3 is 2.33 bits per heavy atom. The number of nitrogens with zero attached hydrogens (tertiary/aromatic N) is 1. The van der Waals surface area contributed by atoms with E-state index in [1.165, 1.54) is 4.90 Å². The van der Waals surface area contributed by atoms with Crippen LogP contribution in [0.4, 0.5) is 0 Å². The van der Waals surface area contributed by atoms with Gasteiger partial charge in [0, 0.05) is 25.6 Å². The smallest absolute Gasteiger partial charge is 0.224 e. The Bertz CT molecular complexity index is 245. The van der Waals surface area contributed by atoms with E-state index >= 15 is 0 Å². The zero-order valence-corrected chi connectivity index (χ0v) is 8.67. The molecule has 86 valence electrons. The fourth-order valence-electron chi connectivity index (χ4n) is 1.99. The van der Waals surface area contributed by atoms with Gasteiger partial charge in [-0.2, -0.15) is 0 Å². The van der Waals surface area contributed by atoms with Gasteiger partial charge in [0.05, 0.1) is 12.2 Å². The Kier molecular flexibility index (Phi) is 2.95. The van der Waals surface area contributed by atoms with Crippen LogP contribution in [-0.4, -0.2) is 52.4 Å². The van der Waals surface area contributed by atoms with Crippen molar-refractivity contribution in [2.24, 2.45) is 11.7 Å². The number of likely N-dealkylation sites (tertiary alicyclic amines) is 1. The average molecular weight is 214 g/mol. The molecule has 2 rings (SSSR count). The Balaban J connectivity index is 1.80. The van der Waals surface area contributed by atoms with Crippen LogP contribution in [0.25, 0.3) is 0 Å². The van der Waals surface area contributed by atoms with Crippen molar-refractivity contribution in [3.8, 4) is 0 Å². The molecule has 1 heterocycles. The third-order valence-corrected chi connectivity index (χ3v) is 3.25. The average Bonchev–Trinajstić information content (AvgIpc) is 2.95. The molecule has 4 N–H and O–H groups in total. The van der Waals surface area contributed by atoms with E-state index in [0.717, 1.165) is 12.8 Å². The van der Waals surface area contributed by atoms with Crippen LogP contribution in [0.5, 0.6) is 0 Å². The fourth-order valence-corrected chi connectivity index (χ4v) is 1.99. The van der Waals surface area contributed by atoms with Gasteiger partial charge in [0.2, 0.25) is 5.91 Å². The number of β-amino-alcohol motifs (C(OH)–C–C–N with tert-alkyl or cyclic N) is 2. The SMILES string of the molecule is NC(CC(=O)N1C[C@@H](O)[C@@H](O)C1)C1CC1. The largest absolute Gasteiger partial charge is 0.388 e. The molecule has 3 atom stereocenters. The van der Waals surface area contributed by atoms with Crippen molar-refractivity contribution in [1.29, 1.82) is 0 Å². The quantitative estimate of drug-likeness (QED) is 0.543. The van der Waals surface area contributed by atoms with E-state index in [0.29, 0.717) is 12.3 Å². The first-order chi connectivity index (χ1) is 7.08. The van der Waals surface area contributed by atoms with Crippen LogP contribution in [0.2, 0.25) is 0 Å². The lowest BCUT2D eigenvalue weighted by Crippen LogP contribution is -2.36. The van der Waals surface area contributed by atoms with E-state index in [2.05, 4.69) is 0 Å². The molecule has 0 bridgehead atoms. The topological polar surface area (TPSA) is 86.8 Å². The third-order valence-electron chi connectivity index (χ3n) is 3.25. The standard InChI is InChI=1S/C10H18N2O3/c11-7(6-1-2-6)3-10(15)12-4-8(13)9(14)5-12/h6-9,13-14H,1-5,11H2/t7?,8-,9+. The summed E-state index contributed by atoms with van der Waals surface area (Å²) < 4.78 is 0. The summed E-state index contributed by atoms with van der Waals surface area (Å²) in [5.41, 5.74) is 5.84. The van der Waals surface area contributed by atoms with Crippen LogP contribution in [0.3, 0.4) is 0 Å². The van der Waals surface area contributed by atoms with Crippen molar-refractivity contribution in [1.82, 2.24) is 4.90 Å².